The fraction of sp³-hybridized carbons (Fsp3) is 0.161. The van der Waals surface area contributed by atoms with Gasteiger partial charge in [0.25, 0.3) is 0 Å². The number of aromatic nitrogens is 3. The zero-order valence-electron chi connectivity index (χ0n) is 22.2. The third kappa shape index (κ3) is 5.82. The van der Waals surface area contributed by atoms with Crippen LogP contribution in [0, 0.1) is 18.6 Å². The Labute approximate surface area is 233 Å². The number of aliphatic hydroxyl groups excluding tert-OH is 1. The van der Waals surface area contributed by atoms with Gasteiger partial charge in [0.2, 0.25) is 0 Å². The molecule has 3 heterocycles. The lowest BCUT2D eigenvalue weighted by atomic mass is 9.99. The number of carbonyl (C=O) groups is 1. The number of hydrogen-bond donors (Lipinski definition) is 1. The van der Waals surface area contributed by atoms with E-state index in [1.165, 1.54) is 72.7 Å². The Morgan fingerprint density at radius 1 is 1.00 bits per heavy atom. The van der Waals surface area contributed by atoms with Crippen molar-refractivity contribution in [3.63, 3.8) is 0 Å². The van der Waals surface area contributed by atoms with Crippen molar-refractivity contribution in [1.29, 1.82) is 0 Å². The third-order valence-corrected chi connectivity index (χ3v) is 6.51. The van der Waals surface area contributed by atoms with Gasteiger partial charge in [-0.2, -0.15) is 0 Å². The highest BCUT2D eigenvalue weighted by Crippen LogP contribution is 2.32. The van der Waals surface area contributed by atoms with Gasteiger partial charge in [0.15, 0.2) is 28.5 Å². The summed E-state index contributed by atoms with van der Waals surface area (Å²) in [6.45, 7) is 1.69. The molecule has 10 heteroatoms. The van der Waals surface area contributed by atoms with Crippen LogP contribution in [0.15, 0.2) is 78.0 Å². The number of Topliss-reactive ketones (excluding diaryl/α,β-unsaturated/α-hetero) is 1. The summed E-state index contributed by atoms with van der Waals surface area (Å²) in [5, 5.41) is 9.41. The minimum absolute atomic E-state index is 0.0763. The molecule has 5 aromatic rings. The van der Waals surface area contributed by atoms with Crippen LogP contribution in [0.1, 0.15) is 21.6 Å². The molecule has 0 atom stereocenters. The second-order valence-electron chi connectivity index (χ2n) is 9.30. The molecule has 8 nitrogen and oxygen atoms in total. The van der Waals surface area contributed by atoms with Crippen LogP contribution >= 0.6 is 0 Å². The lowest BCUT2D eigenvalue weighted by Gasteiger charge is -2.12. The van der Waals surface area contributed by atoms with Crippen LogP contribution in [0.25, 0.3) is 22.2 Å². The van der Waals surface area contributed by atoms with E-state index in [0.29, 0.717) is 39.4 Å². The van der Waals surface area contributed by atoms with E-state index in [9.17, 15) is 19.1 Å². The number of halogens is 2. The van der Waals surface area contributed by atoms with E-state index in [2.05, 4.69) is 9.97 Å². The van der Waals surface area contributed by atoms with Crippen molar-refractivity contribution in [2.45, 2.75) is 19.9 Å². The van der Waals surface area contributed by atoms with Crippen LogP contribution in [0.3, 0.4) is 0 Å². The van der Waals surface area contributed by atoms with Gasteiger partial charge in [0.1, 0.15) is 17.1 Å². The summed E-state index contributed by atoms with van der Waals surface area (Å²) in [5.41, 5.74) is 1.85. The summed E-state index contributed by atoms with van der Waals surface area (Å²) in [6, 6.07) is 12.7. The quantitative estimate of drug-likeness (QED) is 0.247. The first-order valence-electron chi connectivity index (χ1n) is 12.7. The Balaban J connectivity index is 1.41. The summed E-state index contributed by atoms with van der Waals surface area (Å²) < 4.78 is 41.2. The summed E-state index contributed by atoms with van der Waals surface area (Å²) >= 11 is 0. The zero-order chi connectivity index (χ0) is 29.1. The molecule has 208 valence electrons. The first kappa shape index (κ1) is 27.6. The van der Waals surface area contributed by atoms with E-state index < -0.39 is 22.8 Å². The molecule has 0 bridgehead atoms. The summed E-state index contributed by atoms with van der Waals surface area (Å²) in [5.74, 6) is -0.919. The van der Waals surface area contributed by atoms with Crippen molar-refractivity contribution in [3.05, 3.63) is 112 Å². The highest BCUT2D eigenvalue weighted by Gasteiger charge is 2.18. The molecule has 3 aromatic heterocycles. The van der Waals surface area contributed by atoms with Crippen LogP contribution in [0.5, 0.6) is 17.2 Å². The minimum Gasteiger partial charge on any atom is -0.495 e. The zero-order valence-corrected chi connectivity index (χ0v) is 22.2. The summed E-state index contributed by atoms with van der Waals surface area (Å²) in [4.78, 5) is 35.2. The number of methoxy groups -OCH3 is 1. The minimum atomic E-state index is -0.705. The lowest BCUT2D eigenvalue weighted by molar-refractivity contribution is 0.0991. The van der Waals surface area contributed by atoms with Crippen LogP contribution in [0.4, 0.5) is 8.78 Å². The fourth-order valence-corrected chi connectivity index (χ4v) is 4.46. The molecule has 0 aliphatic carbocycles. The van der Waals surface area contributed by atoms with Crippen LogP contribution in [-0.4, -0.2) is 39.1 Å². The molecule has 1 N–H and O–H groups in total. The molecule has 41 heavy (non-hydrogen) atoms. The van der Waals surface area contributed by atoms with Crippen LogP contribution in [0.2, 0.25) is 0 Å². The maximum absolute atomic E-state index is 15.1. The molecule has 0 saturated heterocycles. The number of pyridine rings is 3. The Hall–Kier alpha value is -4.96. The van der Waals surface area contributed by atoms with Crippen molar-refractivity contribution >= 4 is 16.8 Å². The van der Waals surface area contributed by atoms with Crippen molar-refractivity contribution in [1.82, 2.24) is 14.5 Å². The van der Waals surface area contributed by atoms with Crippen molar-refractivity contribution < 1.29 is 28.2 Å². The number of aliphatic hydroxyl groups is 1. The summed E-state index contributed by atoms with van der Waals surface area (Å²) in [6.07, 6.45) is 4.13. The average molecular weight is 558 g/mol. The predicted molar refractivity (Wildman–Crippen MR) is 149 cm³/mol. The number of nitrogens with zero attached hydrogens (tertiary/aromatic N) is 3. The number of aryl methyl sites for hydroxylation is 1. The van der Waals surface area contributed by atoms with Crippen molar-refractivity contribution in [2.24, 2.45) is 0 Å². The molecule has 0 radical (unpaired) electrons. The van der Waals surface area contributed by atoms with Gasteiger partial charge >= 0.3 is 0 Å². The number of fused-ring (bicyclic) bond motifs is 1. The van der Waals surface area contributed by atoms with Crippen LogP contribution in [-0.2, 0) is 13.0 Å². The third-order valence-electron chi connectivity index (χ3n) is 6.51. The first-order chi connectivity index (χ1) is 19.8. The first-order valence-corrected chi connectivity index (χ1v) is 12.7. The van der Waals surface area contributed by atoms with Gasteiger partial charge in [-0.15, -0.1) is 0 Å². The molecule has 0 aliphatic heterocycles. The number of hydrogen-bond acceptors (Lipinski definition) is 7. The molecule has 0 amide bonds. The van der Waals surface area contributed by atoms with Gasteiger partial charge in [-0.1, -0.05) is 18.2 Å². The molecule has 0 unspecified atom stereocenters. The number of ketones is 1. The predicted octanol–water partition coefficient (Wildman–Crippen LogP) is 5.26. The van der Waals surface area contributed by atoms with E-state index in [4.69, 9.17) is 9.47 Å². The fourth-order valence-electron chi connectivity index (χ4n) is 4.46. The Bertz CT molecular complexity index is 1820. The maximum atomic E-state index is 15.1. The van der Waals surface area contributed by atoms with Crippen molar-refractivity contribution in [2.75, 3.05) is 13.7 Å². The van der Waals surface area contributed by atoms with Gasteiger partial charge in [-0.3, -0.25) is 14.6 Å². The van der Waals surface area contributed by atoms with Crippen LogP contribution < -0.4 is 14.9 Å². The van der Waals surface area contributed by atoms with Gasteiger partial charge < -0.3 is 19.1 Å². The van der Waals surface area contributed by atoms with Gasteiger partial charge in [-0.25, -0.2) is 13.8 Å². The summed E-state index contributed by atoms with van der Waals surface area (Å²) in [7, 11) is 1.53. The number of ether oxygens (including phenoxy) is 2. The highest BCUT2D eigenvalue weighted by atomic mass is 19.1. The topological polar surface area (TPSA) is 104 Å². The smallest absolute Gasteiger partial charge is 0.200 e. The lowest BCUT2D eigenvalue weighted by Crippen LogP contribution is -2.22. The maximum Gasteiger partial charge on any atom is 0.200 e. The van der Waals surface area contributed by atoms with E-state index in [0.717, 1.165) is 0 Å². The SMILES string of the molecule is COc1cc2nccc(Oc3ccc(CC(=O)c4cn(CCO)cc(-c5ccc(F)cc5)c4=O)cc3F)c2nc1C. The normalized spacial score (nSPS) is 11.0. The average Bonchev–Trinajstić information content (AvgIpc) is 2.96. The van der Waals surface area contributed by atoms with Crippen molar-refractivity contribution in [3.8, 4) is 28.4 Å². The van der Waals surface area contributed by atoms with E-state index in [1.807, 2.05) is 0 Å². The van der Waals surface area contributed by atoms with Gasteiger partial charge in [0, 0.05) is 49.3 Å². The number of benzene rings is 2. The molecule has 2 aromatic carbocycles. The molecular weight excluding hydrogens is 532 g/mol. The van der Waals surface area contributed by atoms with E-state index in [1.54, 1.807) is 19.1 Å². The largest absolute Gasteiger partial charge is 0.495 e. The molecule has 0 spiro atoms. The van der Waals surface area contributed by atoms with E-state index >= 15 is 4.39 Å². The van der Waals surface area contributed by atoms with Gasteiger partial charge in [-0.05, 0) is 42.3 Å². The molecule has 5 rings (SSSR count). The number of carbonyl (C=O) groups excluding carboxylic acids is 1. The Morgan fingerprint density at radius 2 is 1.78 bits per heavy atom. The second kappa shape index (κ2) is 11.6. The Kier molecular flexibility index (Phi) is 7.84. The molecule has 0 fully saturated rings. The Morgan fingerprint density at radius 3 is 2.49 bits per heavy atom. The number of rotatable bonds is 9. The van der Waals surface area contributed by atoms with E-state index in [-0.39, 0.29) is 36.4 Å². The molecule has 0 saturated carbocycles. The second-order valence-corrected chi connectivity index (χ2v) is 9.30. The monoisotopic (exact) mass is 557 g/mol. The van der Waals surface area contributed by atoms with Gasteiger partial charge in [0.05, 0.1) is 30.5 Å². The molecule has 0 aliphatic rings. The standard InChI is InChI=1S/C31H25F2N3O5/c1-18-29(40-2)15-25-30(35-18)28(9-10-34-25)41-27-8-3-19(13-24(27)33)14-26(38)23-17-36(11-12-37)16-22(31(23)39)20-4-6-21(32)7-5-20/h3-10,13,15-17,37H,11-12,14H2,1-2H3. The highest BCUT2D eigenvalue weighted by molar-refractivity contribution is 5.98. The molecular formula is C31H25F2N3O5.